The molecule has 0 aliphatic heterocycles. The molecule has 4 nitrogen and oxygen atoms in total. The Bertz CT molecular complexity index is 384. The van der Waals surface area contributed by atoms with Gasteiger partial charge in [-0.15, -0.1) is 0 Å². The fourth-order valence-corrected chi connectivity index (χ4v) is 0.861. The first-order valence-electron chi connectivity index (χ1n) is 4.07. The van der Waals surface area contributed by atoms with Gasteiger partial charge >= 0.3 is 0 Å². The Hall–Kier alpha value is -1.98. The van der Waals surface area contributed by atoms with Crippen LogP contribution in [0.15, 0.2) is 28.5 Å². The molecule has 0 aromatic heterocycles. The van der Waals surface area contributed by atoms with E-state index < -0.39 is 11.6 Å². The Morgan fingerprint density at radius 1 is 1.40 bits per heavy atom. The van der Waals surface area contributed by atoms with E-state index in [4.69, 9.17) is 5.21 Å². The second-order valence-electron chi connectivity index (χ2n) is 2.71. The first-order chi connectivity index (χ1) is 7.15. The van der Waals surface area contributed by atoms with Gasteiger partial charge in [-0.2, -0.15) is 5.10 Å². The molecule has 0 heterocycles. The van der Waals surface area contributed by atoms with E-state index in [1.807, 2.05) is 0 Å². The lowest BCUT2D eigenvalue weighted by atomic mass is 10.3. The van der Waals surface area contributed by atoms with E-state index >= 15 is 0 Å². The summed E-state index contributed by atoms with van der Waals surface area (Å²) in [5, 5.41) is 14.4. The zero-order valence-electron chi connectivity index (χ0n) is 7.91. The fraction of sp³-hybridized carbons (Fsp3) is 0.111. The molecule has 0 aliphatic carbocycles. The highest BCUT2D eigenvalue weighted by Crippen LogP contribution is 2.17. The van der Waals surface area contributed by atoms with Crippen molar-refractivity contribution in [1.82, 2.24) is 0 Å². The lowest BCUT2D eigenvalue weighted by molar-refractivity contribution is 0.322. The predicted molar refractivity (Wildman–Crippen MR) is 53.4 cm³/mol. The summed E-state index contributed by atoms with van der Waals surface area (Å²) in [5.41, 5.74) is 2.14. The normalized spacial score (nSPS) is 12.1. The van der Waals surface area contributed by atoms with Crippen molar-refractivity contribution in [2.45, 2.75) is 6.92 Å². The van der Waals surface area contributed by atoms with E-state index in [0.717, 1.165) is 18.3 Å². The molecule has 1 rings (SSSR count). The lowest BCUT2D eigenvalue weighted by Gasteiger charge is -2.03. The Balaban J connectivity index is 2.86. The molecular weight excluding hydrogens is 204 g/mol. The first kappa shape index (κ1) is 11.1. The average Bonchev–Trinajstić information content (AvgIpc) is 2.17. The molecule has 6 heteroatoms. The molecule has 15 heavy (non-hydrogen) atoms. The second-order valence-corrected chi connectivity index (χ2v) is 2.71. The number of hydrazone groups is 1. The molecule has 0 radical (unpaired) electrons. The van der Waals surface area contributed by atoms with Gasteiger partial charge in [0.25, 0.3) is 0 Å². The summed E-state index contributed by atoms with van der Waals surface area (Å²) < 4.78 is 26.1. The van der Waals surface area contributed by atoms with Crippen LogP contribution < -0.4 is 5.43 Å². The van der Waals surface area contributed by atoms with Gasteiger partial charge in [0.1, 0.15) is 5.69 Å². The first-order valence-corrected chi connectivity index (χ1v) is 4.07. The van der Waals surface area contributed by atoms with Crippen LogP contribution in [0.2, 0.25) is 0 Å². The van der Waals surface area contributed by atoms with Crippen molar-refractivity contribution in [3.63, 3.8) is 0 Å². The largest absolute Gasteiger partial charge is 0.411 e. The molecule has 0 saturated carbocycles. The third-order valence-electron chi connectivity index (χ3n) is 1.55. The molecule has 0 spiro atoms. The average molecular weight is 213 g/mol. The van der Waals surface area contributed by atoms with Crippen molar-refractivity contribution in [2.24, 2.45) is 10.3 Å². The highest BCUT2D eigenvalue weighted by atomic mass is 19.1. The molecular formula is C9H9F2N3O. The van der Waals surface area contributed by atoms with Gasteiger partial charge in [0.15, 0.2) is 11.6 Å². The Morgan fingerprint density at radius 2 is 2.00 bits per heavy atom. The van der Waals surface area contributed by atoms with Crippen molar-refractivity contribution < 1.29 is 14.0 Å². The molecule has 0 unspecified atom stereocenters. The second kappa shape index (κ2) is 5.04. The van der Waals surface area contributed by atoms with Gasteiger partial charge in [0, 0.05) is 0 Å². The molecule has 0 amide bonds. The summed E-state index contributed by atoms with van der Waals surface area (Å²) in [5.74, 6) is -1.49. The minimum Gasteiger partial charge on any atom is -0.411 e. The van der Waals surface area contributed by atoms with Gasteiger partial charge in [0.2, 0.25) is 0 Å². The van der Waals surface area contributed by atoms with Crippen LogP contribution in [0.4, 0.5) is 14.5 Å². The van der Waals surface area contributed by atoms with Crippen LogP contribution in [0, 0.1) is 11.6 Å². The van der Waals surface area contributed by atoms with E-state index in [1.54, 1.807) is 0 Å². The minimum atomic E-state index is -0.743. The number of benzene rings is 1. The summed E-state index contributed by atoms with van der Waals surface area (Å²) in [6, 6.07) is 3.47. The third-order valence-corrected chi connectivity index (χ3v) is 1.55. The molecule has 0 saturated heterocycles. The van der Waals surface area contributed by atoms with Gasteiger partial charge < -0.3 is 5.21 Å². The standard InChI is InChI=1S/C9H9F2N3O/c1-6(5-12-15)13-14-9-7(10)3-2-4-8(9)11/h2-5,14-15H,1H3/b12-5-,13-6-. The molecule has 0 bridgehead atoms. The molecule has 1 aromatic rings. The van der Waals surface area contributed by atoms with Gasteiger partial charge in [-0.1, -0.05) is 11.2 Å². The summed E-state index contributed by atoms with van der Waals surface area (Å²) >= 11 is 0. The van der Waals surface area contributed by atoms with Crippen molar-refractivity contribution in [3.8, 4) is 0 Å². The van der Waals surface area contributed by atoms with Crippen molar-refractivity contribution >= 4 is 17.6 Å². The van der Waals surface area contributed by atoms with Gasteiger partial charge in [-0.3, -0.25) is 5.43 Å². The fourth-order valence-electron chi connectivity index (χ4n) is 0.861. The Morgan fingerprint density at radius 3 is 2.53 bits per heavy atom. The maximum atomic E-state index is 13.0. The van der Waals surface area contributed by atoms with E-state index in [0.29, 0.717) is 0 Å². The summed E-state index contributed by atoms with van der Waals surface area (Å²) in [4.78, 5) is 0. The molecule has 0 aliphatic rings. The van der Waals surface area contributed by atoms with Crippen LogP contribution >= 0.6 is 0 Å². The number of nitrogens with zero attached hydrogens (tertiary/aromatic N) is 2. The van der Waals surface area contributed by atoms with E-state index in [9.17, 15) is 8.78 Å². The van der Waals surface area contributed by atoms with Crippen LogP contribution in [-0.4, -0.2) is 17.1 Å². The van der Waals surface area contributed by atoms with Crippen LogP contribution in [0.1, 0.15) is 6.92 Å². The Labute approximate surface area is 84.9 Å². The van der Waals surface area contributed by atoms with Crippen molar-refractivity contribution in [1.29, 1.82) is 0 Å². The SMILES string of the molecule is CC(/C=N\O)=N/Nc1c(F)cccc1F. The van der Waals surface area contributed by atoms with Crippen LogP contribution in [0.3, 0.4) is 0 Å². The number of para-hydroxylation sites is 1. The maximum absolute atomic E-state index is 13.0. The number of anilines is 1. The molecule has 2 N–H and O–H groups in total. The lowest BCUT2D eigenvalue weighted by Crippen LogP contribution is -2.01. The highest BCUT2D eigenvalue weighted by molar-refractivity contribution is 6.29. The quantitative estimate of drug-likeness (QED) is 0.459. The number of halogens is 2. The number of nitrogens with one attached hydrogen (secondary N) is 1. The predicted octanol–water partition coefficient (Wildman–Crippen LogP) is 2.21. The number of hydrogen-bond acceptors (Lipinski definition) is 4. The molecule has 0 fully saturated rings. The Kier molecular flexibility index (Phi) is 3.73. The third kappa shape index (κ3) is 3.01. The molecule has 0 atom stereocenters. The number of oxime groups is 1. The summed E-state index contributed by atoms with van der Waals surface area (Å²) in [6.07, 6.45) is 1.03. The smallest absolute Gasteiger partial charge is 0.151 e. The monoisotopic (exact) mass is 213 g/mol. The van der Waals surface area contributed by atoms with Crippen molar-refractivity contribution in [3.05, 3.63) is 29.8 Å². The van der Waals surface area contributed by atoms with Crippen LogP contribution in [0.25, 0.3) is 0 Å². The van der Waals surface area contributed by atoms with Crippen LogP contribution in [0.5, 0.6) is 0 Å². The number of hydrogen-bond donors (Lipinski definition) is 2. The van der Waals surface area contributed by atoms with Gasteiger partial charge in [-0.25, -0.2) is 8.78 Å². The van der Waals surface area contributed by atoms with E-state index in [2.05, 4.69) is 15.7 Å². The van der Waals surface area contributed by atoms with Crippen molar-refractivity contribution in [2.75, 3.05) is 5.43 Å². The van der Waals surface area contributed by atoms with Gasteiger partial charge in [0.05, 0.1) is 11.9 Å². The summed E-state index contributed by atoms with van der Waals surface area (Å²) in [6.45, 7) is 1.51. The summed E-state index contributed by atoms with van der Waals surface area (Å²) in [7, 11) is 0. The van der Waals surface area contributed by atoms with Gasteiger partial charge in [-0.05, 0) is 19.1 Å². The topological polar surface area (TPSA) is 57.0 Å². The maximum Gasteiger partial charge on any atom is 0.151 e. The zero-order chi connectivity index (χ0) is 11.3. The minimum absolute atomic E-state index is 0.278. The van der Waals surface area contributed by atoms with E-state index in [-0.39, 0.29) is 11.4 Å². The van der Waals surface area contributed by atoms with Crippen LogP contribution in [-0.2, 0) is 0 Å². The molecule has 1 aromatic carbocycles. The highest BCUT2D eigenvalue weighted by Gasteiger charge is 2.06. The molecule has 80 valence electrons. The van der Waals surface area contributed by atoms with E-state index in [1.165, 1.54) is 13.0 Å². The zero-order valence-corrected chi connectivity index (χ0v) is 7.91. The number of rotatable bonds is 3.